The fourth-order valence-corrected chi connectivity index (χ4v) is 13.7. The van der Waals surface area contributed by atoms with Crippen molar-refractivity contribution in [2.45, 2.75) is 127 Å². The number of likely N-dealkylation sites (tertiary alicyclic amines) is 3. The Morgan fingerprint density at radius 2 is 1.67 bits per heavy atom. The molecule has 9 rings (SSSR count). The van der Waals surface area contributed by atoms with E-state index in [1.54, 1.807) is 43.3 Å². The molecule has 0 bridgehead atoms. The number of methoxy groups -OCH3 is 1. The SMILES string of the molecule is CNc1nc(Nc2ccc(C(=O)N3CCC4(CCN(CC5CCC(CSC(C)(C)C(NC(=O)C6(F)CC6)C(=O)N6C[C@H](O)C[C@H]6C(=O)NCc6ccc(-c7scnc7C)cc6)CC5)CC4)CC3)cc2OC)ncc1Cl. The van der Waals surface area contributed by atoms with E-state index in [9.17, 15) is 24.3 Å². The summed E-state index contributed by atoms with van der Waals surface area (Å²) in [4.78, 5) is 75.5. The first kappa shape index (κ1) is 54.7. The number of amides is 4. The Bertz CT molecular complexity index is 2680. The number of nitrogens with one attached hydrogen (secondary N) is 4. The summed E-state index contributed by atoms with van der Waals surface area (Å²) < 4.78 is 20.0. The number of alkyl halides is 1. The lowest BCUT2D eigenvalue weighted by Gasteiger charge is -2.47. The van der Waals surface area contributed by atoms with Crippen molar-refractivity contribution in [3.05, 3.63) is 76.0 Å². The van der Waals surface area contributed by atoms with Gasteiger partial charge in [-0.3, -0.25) is 19.2 Å². The molecule has 5 fully saturated rings. The molecule has 5 heterocycles. The number of ether oxygens (including phenoxy) is 1. The van der Waals surface area contributed by atoms with E-state index in [0.717, 1.165) is 112 Å². The highest BCUT2D eigenvalue weighted by atomic mass is 35.5. The number of carbonyl (C=O) groups excluding carboxylic acids is 4. The number of benzene rings is 2. The molecule has 2 saturated carbocycles. The smallest absolute Gasteiger partial charge is 0.258 e. The van der Waals surface area contributed by atoms with Gasteiger partial charge in [-0.25, -0.2) is 14.4 Å². The van der Waals surface area contributed by atoms with Crippen LogP contribution in [0.2, 0.25) is 5.02 Å². The highest BCUT2D eigenvalue weighted by molar-refractivity contribution is 8.00. The molecule has 3 atom stereocenters. The zero-order chi connectivity index (χ0) is 53.1. The third kappa shape index (κ3) is 12.9. The summed E-state index contributed by atoms with van der Waals surface area (Å²) in [6.07, 6.45) is 9.56. The molecule has 0 radical (unpaired) electrons. The Morgan fingerprint density at radius 3 is 2.32 bits per heavy atom. The molecule has 2 aromatic carbocycles. The maximum Gasteiger partial charge on any atom is 0.258 e. The largest absolute Gasteiger partial charge is 0.495 e. The van der Waals surface area contributed by atoms with Gasteiger partial charge in [-0.1, -0.05) is 35.9 Å². The number of piperidine rings is 2. The van der Waals surface area contributed by atoms with Crippen molar-refractivity contribution in [3.8, 4) is 16.2 Å². The average molecular weight is 1090 g/mol. The number of β-amino-alcohol motifs (C(OH)–C–C–N with tert-alkyl or cyclic N) is 1. The van der Waals surface area contributed by atoms with Gasteiger partial charge in [0.25, 0.3) is 11.8 Å². The van der Waals surface area contributed by atoms with Gasteiger partial charge >= 0.3 is 0 Å². The van der Waals surface area contributed by atoms with Crippen molar-refractivity contribution in [3.63, 3.8) is 0 Å². The van der Waals surface area contributed by atoms with Crippen molar-refractivity contribution in [2.75, 3.05) is 69.8 Å². The van der Waals surface area contributed by atoms with Gasteiger partial charge in [0.15, 0.2) is 5.67 Å². The van der Waals surface area contributed by atoms with Crippen LogP contribution in [0.1, 0.15) is 106 Å². The number of aliphatic hydroxyl groups excluding tert-OH is 1. The number of hydrogen-bond acceptors (Lipinski definition) is 14. The second-order valence-electron chi connectivity index (χ2n) is 22.0. The van der Waals surface area contributed by atoms with Crippen molar-refractivity contribution < 1.29 is 33.4 Å². The van der Waals surface area contributed by atoms with Crippen LogP contribution in [-0.2, 0) is 20.9 Å². The van der Waals surface area contributed by atoms with Crippen LogP contribution in [-0.4, -0.2) is 146 Å². The number of rotatable bonds is 18. The molecule has 2 aliphatic carbocycles. The maximum atomic E-state index is 15.2. The molecule has 4 aromatic rings. The molecule has 75 heavy (non-hydrogen) atoms. The van der Waals surface area contributed by atoms with Crippen molar-refractivity contribution in [1.82, 2.24) is 40.3 Å². The summed E-state index contributed by atoms with van der Waals surface area (Å²) in [6.45, 7) is 10.7. The second kappa shape index (κ2) is 23.3. The van der Waals surface area contributed by atoms with E-state index in [1.807, 2.05) is 67.6 Å². The van der Waals surface area contributed by atoms with Gasteiger partial charge < -0.3 is 45.8 Å². The molecule has 404 valence electrons. The van der Waals surface area contributed by atoms with Crippen LogP contribution in [0, 0.1) is 24.2 Å². The number of thioether (sulfide) groups is 1. The Kier molecular flexibility index (Phi) is 17.0. The number of aryl methyl sites for hydroxylation is 1. The van der Waals surface area contributed by atoms with Crippen molar-refractivity contribution in [2.24, 2.45) is 17.3 Å². The van der Waals surface area contributed by atoms with Gasteiger partial charge in [0.05, 0.1) is 41.2 Å². The Morgan fingerprint density at radius 1 is 0.973 bits per heavy atom. The first-order chi connectivity index (χ1) is 35.9. The van der Waals surface area contributed by atoms with Crippen LogP contribution in [0.15, 0.2) is 54.2 Å². The summed E-state index contributed by atoms with van der Waals surface area (Å²) in [5, 5.41) is 23.1. The quantitative estimate of drug-likeness (QED) is 0.0640. The summed E-state index contributed by atoms with van der Waals surface area (Å²) in [6, 6.07) is 11.2. The van der Waals surface area contributed by atoms with Crippen LogP contribution in [0.3, 0.4) is 0 Å². The second-order valence-corrected chi connectivity index (χ2v) is 25.0. The van der Waals surface area contributed by atoms with Gasteiger partial charge in [0, 0.05) is 56.5 Å². The average Bonchev–Trinajstić information content (AvgIpc) is 3.83. The van der Waals surface area contributed by atoms with Gasteiger partial charge in [0.1, 0.15) is 28.7 Å². The molecule has 2 aromatic heterocycles. The number of carbonyl (C=O) groups is 4. The maximum absolute atomic E-state index is 15.2. The number of aromatic nitrogens is 3. The van der Waals surface area contributed by atoms with E-state index >= 15 is 4.39 Å². The fourth-order valence-electron chi connectivity index (χ4n) is 11.4. The number of halogens is 2. The van der Waals surface area contributed by atoms with Crippen LogP contribution < -0.4 is 26.0 Å². The minimum atomic E-state index is -1.99. The zero-order valence-corrected chi connectivity index (χ0v) is 46.2. The third-order valence-corrected chi connectivity index (χ3v) is 19.4. The lowest BCUT2D eigenvalue weighted by atomic mass is 9.71. The first-order valence-corrected chi connectivity index (χ1v) is 28.8. The fraction of sp³-hybridized carbons (Fsp3) is 0.582. The summed E-state index contributed by atoms with van der Waals surface area (Å²) in [5.41, 5.74) is 4.19. The number of thiazole rings is 1. The summed E-state index contributed by atoms with van der Waals surface area (Å²) in [5.74, 6) is 1.54. The third-order valence-electron chi connectivity index (χ3n) is 16.5. The standard InChI is InChI=1S/C55H72ClFN10O6S2/c1-34-45(74-33-61-34)38-12-10-35(11-13-38)28-59-48(69)43-27-40(68)31-67(43)50(71)46(63-51(72)55(57)16-17-55)53(2,3)75-32-37-8-6-36(7-9-37)30-65-22-18-54(19-23-65)20-24-66(25-21-54)49(70)39-14-15-42(44(26-39)73-5)62-52-60-29-41(56)47(58-4)64-52/h10-15,26,29,33,36-37,40,43,46,68H,6-9,16-25,27-28,30-32H2,1-5H3,(H,59,69)(H,63,72)(H2,58,60,62,64)/t36?,37?,40-,43+,46?/m1/s1. The van der Waals surface area contributed by atoms with Gasteiger partial charge in [0.2, 0.25) is 17.8 Å². The molecule has 5 N–H and O–H groups in total. The lowest BCUT2D eigenvalue weighted by Crippen LogP contribution is -2.61. The molecule has 5 aliphatic rings. The van der Waals surface area contributed by atoms with E-state index in [2.05, 4.69) is 41.1 Å². The normalized spacial score (nSPS) is 22.8. The molecule has 20 heteroatoms. The first-order valence-electron chi connectivity index (χ1n) is 26.5. The van der Waals surface area contributed by atoms with Crippen molar-refractivity contribution >= 4 is 75.8 Å². The van der Waals surface area contributed by atoms with E-state index in [4.69, 9.17) is 16.3 Å². The summed E-state index contributed by atoms with van der Waals surface area (Å²) >= 11 is 9.35. The molecule has 4 amide bonds. The Hall–Kier alpha value is -5.08. The number of anilines is 3. The molecule has 1 unspecified atom stereocenters. The van der Waals surface area contributed by atoms with E-state index < -0.39 is 40.4 Å². The van der Waals surface area contributed by atoms with Crippen LogP contribution >= 0.6 is 34.7 Å². The number of nitrogens with zero attached hydrogens (tertiary/aromatic N) is 6. The van der Waals surface area contributed by atoms with E-state index in [1.165, 1.54) is 11.1 Å². The molecule has 1 spiro atoms. The molecule has 16 nitrogen and oxygen atoms in total. The van der Waals surface area contributed by atoms with Gasteiger partial charge in [-0.15, -0.1) is 11.3 Å². The highest BCUT2D eigenvalue weighted by Crippen LogP contribution is 2.44. The van der Waals surface area contributed by atoms with E-state index in [-0.39, 0.29) is 49.6 Å². The van der Waals surface area contributed by atoms with E-state index in [0.29, 0.717) is 45.6 Å². The minimum absolute atomic E-state index is 0.00305. The predicted molar refractivity (Wildman–Crippen MR) is 293 cm³/mol. The Labute approximate surface area is 453 Å². The predicted octanol–water partition coefficient (Wildman–Crippen LogP) is 8.26. The summed E-state index contributed by atoms with van der Waals surface area (Å²) in [7, 11) is 3.31. The molecular weight excluding hydrogens is 1020 g/mol. The number of aliphatic hydroxyl groups is 1. The topological polar surface area (TPSA) is 194 Å². The zero-order valence-electron chi connectivity index (χ0n) is 43.8. The van der Waals surface area contributed by atoms with Crippen LogP contribution in [0.25, 0.3) is 10.4 Å². The Balaban J connectivity index is 0.724. The highest BCUT2D eigenvalue weighted by Gasteiger charge is 2.54. The van der Waals surface area contributed by atoms with Gasteiger partial charge in [-0.05, 0) is 150 Å². The van der Waals surface area contributed by atoms with Gasteiger partial charge in [-0.2, -0.15) is 16.7 Å². The molecule has 3 saturated heterocycles. The lowest BCUT2D eigenvalue weighted by molar-refractivity contribution is -0.143. The number of hydrogen-bond donors (Lipinski definition) is 5. The minimum Gasteiger partial charge on any atom is -0.495 e. The monoisotopic (exact) mass is 1090 g/mol. The molecular formula is C55H72ClFN10O6S2. The van der Waals surface area contributed by atoms with Crippen molar-refractivity contribution in [1.29, 1.82) is 0 Å². The van der Waals surface area contributed by atoms with Crippen LogP contribution in [0.5, 0.6) is 5.75 Å². The van der Waals surface area contributed by atoms with Crippen LogP contribution in [0.4, 0.5) is 21.8 Å². The molecule has 3 aliphatic heterocycles.